The van der Waals surface area contributed by atoms with Crippen molar-refractivity contribution in [1.82, 2.24) is 0 Å². The Hall–Kier alpha value is 0.820. The summed E-state index contributed by atoms with van der Waals surface area (Å²) in [5.41, 5.74) is 0. The Morgan fingerprint density at radius 2 is 0.872 bits per heavy atom. The molecule has 3 nitrogen and oxygen atoms in total. The van der Waals surface area contributed by atoms with Gasteiger partial charge in [-0.25, -0.2) is 0 Å². The van der Waals surface area contributed by atoms with Gasteiger partial charge in [-0.15, -0.1) is 0 Å². The van der Waals surface area contributed by atoms with Crippen LogP contribution in [0.5, 0.6) is 0 Å². The monoisotopic (exact) mass is 774 g/mol. The first-order valence-electron chi connectivity index (χ1n) is 16.5. The lowest BCUT2D eigenvalue weighted by molar-refractivity contribution is -0.167. The van der Waals surface area contributed by atoms with E-state index < -0.39 is 0 Å². The molecule has 0 saturated heterocycles. The highest BCUT2D eigenvalue weighted by atomic mass is 127. The molecule has 0 spiro atoms. The normalized spacial score (nSPS) is 13.6. The maximum absolute atomic E-state index is 6.15. The number of alkyl halides is 2. The van der Waals surface area contributed by atoms with Gasteiger partial charge in [-0.1, -0.05) is 148 Å². The molecule has 0 fully saturated rings. The van der Waals surface area contributed by atoms with Gasteiger partial charge in [-0.05, 0) is 85.9 Å². The molecule has 0 aliphatic carbocycles. The van der Waals surface area contributed by atoms with Crippen LogP contribution in [0.25, 0.3) is 0 Å². The van der Waals surface area contributed by atoms with Crippen LogP contribution in [0.1, 0.15) is 155 Å². The second-order valence-electron chi connectivity index (χ2n) is 10.9. The lowest BCUT2D eigenvalue weighted by atomic mass is 10.1. The van der Waals surface area contributed by atoms with Gasteiger partial charge in [0.05, 0.1) is 12.2 Å². The van der Waals surface area contributed by atoms with E-state index in [0.717, 1.165) is 38.5 Å². The van der Waals surface area contributed by atoms with Crippen molar-refractivity contribution in [2.75, 3.05) is 22.4 Å². The van der Waals surface area contributed by atoms with E-state index in [4.69, 9.17) is 14.2 Å². The smallest absolute Gasteiger partial charge is 0.149 e. The van der Waals surface area contributed by atoms with Crippen molar-refractivity contribution in [3.05, 3.63) is 24.3 Å². The molecule has 0 aromatic carbocycles. The zero-order valence-electron chi connectivity index (χ0n) is 25.8. The standard InChI is InChI=1S/C34H64I2O3/c1-3-5-19-25-33(27-21-15-11-7-9-13-17-23-29-35)38-31-37-32-39-34(26-20-6-4-2)28-22-16-12-8-10-14-18-24-30-36/h11-12,15-16,33-34H,3-10,13-14,17-32H2,1-2H3. The molecule has 0 amide bonds. The van der Waals surface area contributed by atoms with Crippen LogP contribution >= 0.6 is 45.2 Å². The summed E-state index contributed by atoms with van der Waals surface area (Å²) in [7, 11) is 0. The molecule has 0 heterocycles. The highest BCUT2D eigenvalue weighted by Crippen LogP contribution is 2.16. The first-order chi connectivity index (χ1) is 19.3. The van der Waals surface area contributed by atoms with Crippen molar-refractivity contribution >= 4 is 45.2 Å². The number of unbranched alkanes of at least 4 members (excludes halogenated alkanes) is 12. The molecule has 0 aromatic heterocycles. The predicted octanol–water partition coefficient (Wildman–Crippen LogP) is 12.3. The van der Waals surface area contributed by atoms with E-state index in [1.54, 1.807) is 0 Å². The number of rotatable bonds is 32. The molecular formula is C34H64I2O3. The van der Waals surface area contributed by atoms with Crippen molar-refractivity contribution in [2.24, 2.45) is 0 Å². The van der Waals surface area contributed by atoms with Gasteiger partial charge < -0.3 is 14.2 Å². The molecule has 0 N–H and O–H groups in total. The zero-order chi connectivity index (χ0) is 28.5. The Balaban J connectivity index is 4.20. The molecule has 0 aromatic rings. The molecule has 0 saturated carbocycles. The Bertz CT molecular complexity index is 469. The van der Waals surface area contributed by atoms with E-state index in [2.05, 4.69) is 83.3 Å². The molecule has 2 atom stereocenters. The third-order valence-electron chi connectivity index (χ3n) is 7.19. The fourth-order valence-corrected chi connectivity index (χ4v) is 5.72. The number of allylic oxidation sites excluding steroid dienone is 4. The molecule has 0 rings (SSSR count). The SMILES string of the molecule is CCCCCC(CCC=CCCCCCCI)OCOCOC(CCC=CCCCCCCI)CCCCC. The lowest BCUT2D eigenvalue weighted by Gasteiger charge is -2.19. The summed E-state index contributed by atoms with van der Waals surface area (Å²) in [6.07, 6.45) is 37.5. The zero-order valence-corrected chi connectivity index (χ0v) is 30.1. The maximum atomic E-state index is 6.15. The Morgan fingerprint density at radius 1 is 0.462 bits per heavy atom. The average Bonchev–Trinajstić information content (AvgIpc) is 2.94. The maximum Gasteiger partial charge on any atom is 0.149 e. The average molecular weight is 775 g/mol. The molecule has 39 heavy (non-hydrogen) atoms. The minimum atomic E-state index is 0.289. The van der Waals surface area contributed by atoms with Crippen molar-refractivity contribution in [3.8, 4) is 0 Å². The van der Waals surface area contributed by atoms with Crippen LogP contribution in [-0.4, -0.2) is 34.6 Å². The van der Waals surface area contributed by atoms with Crippen molar-refractivity contribution < 1.29 is 14.2 Å². The van der Waals surface area contributed by atoms with Gasteiger partial charge in [-0.2, -0.15) is 0 Å². The summed E-state index contributed by atoms with van der Waals surface area (Å²) in [5.74, 6) is 0. The van der Waals surface area contributed by atoms with E-state index >= 15 is 0 Å². The quantitative estimate of drug-likeness (QED) is 0.0224. The second-order valence-corrected chi connectivity index (χ2v) is 13.0. The van der Waals surface area contributed by atoms with Gasteiger partial charge in [0, 0.05) is 0 Å². The molecule has 0 bridgehead atoms. The van der Waals surface area contributed by atoms with Crippen LogP contribution in [0.4, 0.5) is 0 Å². The van der Waals surface area contributed by atoms with Crippen LogP contribution in [-0.2, 0) is 14.2 Å². The van der Waals surface area contributed by atoms with Crippen molar-refractivity contribution in [3.63, 3.8) is 0 Å². The van der Waals surface area contributed by atoms with Gasteiger partial charge in [0.25, 0.3) is 0 Å². The molecule has 0 radical (unpaired) electrons. The fourth-order valence-electron chi connectivity index (χ4n) is 4.64. The third-order valence-corrected chi connectivity index (χ3v) is 8.71. The number of ether oxygens (including phenoxy) is 3. The van der Waals surface area contributed by atoms with Crippen LogP contribution in [0.2, 0.25) is 0 Å². The molecule has 2 unspecified atom stereocenters. The lowest BCUT2D eigenvalue weighted by Crippen LogP contribution is -2.19. The van der Waals surface area contributed by atoms with Gasteiger partial charge in [0.2, 0.25) is 0 Å². The minimum absolute atomic E-state index is 0.289. The highest BCUT2D eigenvalue weighted by molar-refractivity contribution is 14.1. The van der Waals surface area contributed by atoms with Crippen molar-refractivity contribution in [2.45, 2.75) is 167 Å². The molecule has 5 heteroatoms. The molecule has 232 valence electrons. The van der Waals surface area contributed by atoms with E-state index in [1.807, 2.05) is 0 Å². The van der Waals surface area contributed by atoms with E-state index in [0.29, 0.717) is 13.6 Å². The fraction of sp³-hybridized carbons (Fsp3) is 0.882. The summed E-state index contributed by atoms with van der Waals surface area (Å²) in [6, 6.07) is 0. The van der Waals surface area contributed by atoms with E-state index in [1.165, 1.54) is 112 Å². The predicted molar refractivity (Wildman–Crippen MR) is 190 cm³/mol. The Morgan fingerprint density at radius 3 is 1.28 bits per heavy atom. The second kappa shape index (κ2) is 35.0. The van der Waals surface area contributed by atoms with Gasteiger partial charge in [0.1, 0.15) is 13.6 Å². The van der Waals surface area contributed by atoms with Crippen molar-refractivity contribution in [1.29, 1.82) is 0 Å². The number of halogens is 2. The summed E-state index contributed by atoms with van der Waals surface area (Å²) in [5, 5.41) is 0. The molecule has 0 aliphatic rings. The van der Waals surface area contributed by atoms with Crippen LogP contribution in [0.3, 0.4) is 0 Å². The summed E-state index contributed by atoms with van der Waals surface area (Å²) in [6.45, 7) is 5.22. The van der Waals surface area contributed by atoms with Gasteiger partial charge in [-0.3, -0.25) is 0 Å². The van der Waals surface area contributed by atoms with E-state index in [9.17, 15) is 0 Å². The third kappa shape index (κ3) is 31.6. The van der Waals surface area contributed by atoms with Crippen LogP contribution < -0.4 is 0 Å². The minimum Gasteiger partial charge on any atom is -0.352 e. The summed E-state index contributed by atoms with van der Waals surface area (Å²) >= 11 is 4.95. The number of hydrogen-bond donors (Lipinski definition) is 0. The topological polar surface area (TPSA) is 27.7 Å². The summed E-state index contributed by atoms with van der Waals surface area (Å²) < 4.78 is 20.7. The number of hydrogen-bond acceptors (Lipinski definition) is 3. The highest BCUT2D eigenvalue weighted by Gasteiger charge is 2.10. The van der Waals surface area contributed by atoms with Crippen LogP contribution in [0, 0.1) is 0 Å². The first-order valence-corrected chi connectivity index (χ1v) is 19.6. The van der Waals surface area contributed by atoms with Gasteiger partial charge in [0.15, 0.2) is 0 Å². The molecular weight excluding hydrogens is 710 g/mol. The largest absolute Gasteiger partial charge is 0.352 e. The summed E-state index contributed by atoms with van der Waals surface area (Å²) in [4.78, 5) is 0. The first kappa shape index (κ1) is 39.8. The Labute approximate surface area is 271 Å². The van der Waals surface area contributed by atoms with Gasteiger partial charge >= 0.3 is 0 Å². The van der Waals surface area contributed by atoms with E-state index in [-0.39, 0.29) is 12.2 Å². The molecule has 0 aliphatic heterocycles. The Kier molecular flexibility index (Phi) is 35.8. The van der Waals surface area contributed by atoms with Crippen LogP contribution in [0.15, 0.2) is 24.3 Å².